The standard InChI is InChI=1S/C24H26FN5O2/c1-14(17-11-20-22(32-3)12-24(2,27-20)23(17)25)18-6-7-19(29-28-18)16-5-4-15(10-21(16)31)30-9-8-26-13-30/h4-10,13,17,20,22-23,27,31H,1,11-12H2,2-3H3/t17-,20-,22+,23-,24-/m0/s1. The van der Waals surface area contributed by atoms with E-state index in [1.807, 2.05) is 13.0 Å². The summed E-state index contributed by atoms with van der Waals surface area (Å²) in [6.45, 7) is 6.08. The van der Waals surface area contributed by atoms with Crippen LogP contribution in [0.15, 0.2) is 55.6 Å². The number of benzene rings is 1. The van der Waals surface area contributed by atoms with Gasteiger partial charge in [0.25, 0.3) is 0 Å². The Hall–Kier alpha value is -3.10. The Kier molecular flexibility index (Phi) is 5.06. The summed E-state index contributed by atoms with van der Waals surface area (Å²) in [5, 5.41) is 22.5. The number of alkyl halides is 1. The van der Waals surface area contributed by atoms with Gasteiger partial charge in [-0.3, -0.25) is 0 Å². The van der Waals surface area contributed by atoms with Crippen LogP contribution in [0.25, 0.3) is 22.5 Å². The molecule has 2 fully saturated rings. The van der Waals surface area contributed by atoms with Crippen molar-refractivity contribution in [3.63, 3.8) is 0 Å². The van der Waals surface area contributed by atoms with Crippen LogP contribution in [0.5, 0.6) is 5.75 Å². The van der Waals surface area contributed by atoms with Crippen LogP contribution >= 0.6 is 0 Å². The van der Waals surface area contributed by atoms with Gasteiger partial charge in [-0.05, 0) is 49.6 Å². The van der Waals surface area contributed by atoms with Gasteiger partial charge in [0.05, 0.1) is 35.0 Å². The fourth-order valence-electron chi connectivity index (χ4n) is 5.09. The molecule has 7 nitrogen and oxygen atoms in total. The number of piperidine rings is 1. The van der Waals surface area contributed by atoms with Crippen LogP contribution in [0.1, 0.15) is 25.5 Å². The average molecular weight is 436 g/mol. The number of halogens is 1. The van der Waals surface area contributed by atoms with Crippen molar-refractivity contribution in [3.05, 3.63) is 61.3 Å². The Morgan fingerprint density at radius 3 is 2.81 bits per heavy atom. The van der Waals surface area contributed by atoms with Gasteiger partial charge in [0.1, 0.15) is 11.9 Å². The van der Waals surface area contributed by atoms with E-state index in [0.717, 1.165) is 5.69 Å². The lowest BCUT2D eigenvalue weighted by molar-refractivity contribution is 0.0847. The van der Waals surface area contributed by atoms with Crippen molar-refractivity contribution < 1.29 is 14.2 Å². The minimum absolute atomic E-state index is 0.00206. The number of hydrogen-bond donors (Lipinski definition) is 2. The Labute approximate surface area is 186 Å². The van der Waals surface area contributed by atoms with E-state index in [-0.39, 0.29) is 23.8 Å². The molecule has 32 heavy (non-hydrogen) atoms. The molecule has 166 valence electrons. The van der Waals surface area contributed by atoms with Gasteiger partial charge in [-0.15, -0.1) is 5.10 Å². The Morgan fingerprint density at radius 2 is 2.16 bits per heavy atom. The zero-order chi connectivity index (χ0) is 22.5. The van der Waals surface area contributed by atoms with Crippen LogP contribution in [0, 0.1) is 5.92 Å². The van der Waals surface area contributed by atoms with Crippen LogP contribution in [0.3, 0.4) is 0 Å². The summed E-state index contributed by atoms with van der Waals surface area (Å²) in [6, 6.07) is 8.98. The van der Waals surface area contributed by atoms with E-state index in [4.69, 9.17) is 4.74 Å². The van der Waals surface area contributed by atoms with Crippen molar-refractivity contribution in [1.82, 2.24) is 25.1 Å². The minimum atomic E-state index is -1.09. The highest BCUT2D eigenvalue weighted by Crippen LogP contribution is 2.45. The fraction of sp³-hybridized carbons (Fsp3) is 0.375. The van der Waals surface area contributed by atoms with Gasteiger partial charge in [-0.2, -0.15) is 5.10 Å². The van der Waals surface area contributed by atoms with E-state index >= 15 is 4.39 Å². The average Bonchev–Trinajstić information content (AvgIpc) is 3.43. The molecule has 2 aliphatic heterocycles. The third-order valence-corrected chi connectivity index (χ3v) is 6.86. The summed E-state index contributed by atoms with van der Waals surface area (Å²) in [5.41, 5.74) is 2.47. The summed E-state index contributed by atoms with van der Waals surface area (Å²) in [5.74, 6) is -0.260. The molecule has 0 unspecified atom stereocenters. The number of rotatable bonds is 5. The summed E-state index contributed by atoms with van der Waals surface area (Å²) in [7, 11) is 1.68. The first-order chi connectivity index (χ1) is 15.4. The van der Waals surface area contributed by atoms with E-state index in [1.54, 1.807) is 54.7 Å². The minimum Gasteiger partial charge on any atom is -0.507 e. The molecule has 0 amide bonds. The number of phenols is 1. The lowest BCUT2D eigenvalue weighted by atomic mass is 9.78. The largest absolute Gasteiger partial charge is 0.507 e. The number of nitrogens with zero attached hydrogens (tertiary/aromatic N) is 4. The van der Waals surface area contributed by atoms with Crippen molar-refractivity contribution in [2.45, 2.75) is 43.6 Å². The first-order valence-corrected chi connectivity index (χ1v) is 10.7. The lowest BCUT2D eigenvalue weighted by Crippen LogP contribution is -2.56. The molecular weight excluding hydrogens is 409 g/mol. The Morgan fingerprint density at radius 1 is 1.31 bits per heavy atom. The molecule has 0 aliphatic carbocycles. The van der Waals surface area contributed by atoms with Crippen LogP contribution in [-0.4, -0.2) is 55.8 Å². The summed E-state index contributed by atoms with van der Waals surface area (Å²) in [4.78, 5) is 4.02. The number of imidazole rings is 1. The highest BCUT2D eigenvalue weighted by molar-refractivity contribution is 5.70. The van der Waals surface area contributed by atoms with Gasteiger partial charge in [-0.25, -0.2) is 9.37 Å². The number of hydrogen-bond acceptors (Lipinski definition) is 6. The number of fused-ring (bicyclic) bond motifs is 2. The molecule has 0 spiro atoms. The van der Waals surface area contributed by atoms with Crippen molar-refractivity contribution in [2.75, 3.05) is 7.11 Å². The van der Waals surface area contributed by atoms with Gasteiger partial charge in [0, 0.05) is 43.1 Å². The summed E-state index contributed by atoms with van der Waals surface area (Å²) < 4.78 is 22.8. The second kappa shape index (κ2) is 7.79. The molecule has 2 aliphatic rings. The van der Waals surface area contributed by atoms with Crippen molar-refractivity contribution in [2.24, 2.45) is 5.92 Å². The van der Waals surface area contributed by atoms with Gasteiger partial charge < -0.3 is 19.7 Å². The molecule has 0 radical (unpaired) electrons. The van der Waals surface area contributed by atoms with Crippen LogP contribution < -0.4 is 5.32 Å². The highest BCUT2D eigenvalue weighted by Gasteiger charge is 2.55. The monoisotopic (exact) mass is 435 g/mol. The molecule has 8 heteroatoms. The number of nitrogens with one attached hydrogen (secondary N) is 1. The predicted molar refractivity (Wildman–Crippen MR) is 119 cm³/mol. The van der Waals surface area contributed by atoms with Crippen molar-refractivity contribution in [1.29, 1.82) is 0 Å². The van der Waals surface area contributed by atoms with Gasteiger partial charge in [-0.1, -0.05) is 6.58 Å². The third kappa shape index (κ3) is 3.40. The highest BCUT2D eigenvalue weighted by atomic mass is 19.1. The molecule has 2 bridgehead atoms. The van der Waals surface area contributed by atoms with Gasteiger partial charge in [0.2, 0.25) is 0 Å². The van der Waals surface area contributed by atoms with Gasteiger partial charge in [0.15, 0.2) is 0 Å². The Bertz CT molecular complexity index is 1130. The summed E-state index contributed by atoms with van der Waals surface area (Å²) >= 11 is 0. The smallest absolute Gasteiger partial charge is 0.127 e. The zero-order valence-corrected chi connectivity index (χ0v) is 18.1. The molecule has 1 aromatic carbocycles. The number of ether oxygens (including phenoxy) is 1. The first kappa shape index (κ1) is 20.8. The molecule has 5 rings (SSSR count). The van der Waals surface area contributed by atoms with Crippen LogP contribution in [0.4, 0.5) is 4.39 Å². The third-order valence-electron chi connectivity index (χ3n) is 6.86. The molecule has 2 aromatic heterocycles. The Balaban J connectivity index is 1.37. The molecule has 4 heterocycles. The number of methoxy groups -OCH3 is 1. The molecule has 3 aromatic rings. The zero-order valence-electron chi connectivity index (χ0n) is 18.1. The van der Waals surface area contributed by atoms with Crippen molar-refractivity contribution >= 4 is 5.57 Å². The number of allylic oxidation sites excluding steroid dienone is 1. The van der Waals surface area contributed by atoms with Crippen LogP contribution in [-0.2, 0) is 4.74 Å². The maximum Gasteiger partial charge on any atom is 0.127 e. The molecular formula is C24H26FN5O2. The van der Waals surface area contributed by atoms with Gasteiger partial charge >= 0.3 is 0 Å². The molecule has 2 N–H and O–H groups in total. The van der Waals surface area contributed by atoms with E-state index in [1.165, 1.54) is 0 Å². The second-order valence-electron chi connectivity index (χ2n) is 8.89. The maximum absolute atomic E-state index is 15.5. The number of phenolic OH excluding ortho intramolecular Hbond substituents is 1. The maximum atomic E-state index is 15.5. The first-order valence-electron chi connectivity index (χ1n) is 10.7. The quantitative estimate of drug-likeness (QED) is 0.638. The number of aromatic hydroxyl groups is 1. The summed E-state index contributed by atoms with van der Waals surface area (Å²) in [6.07, 6.45) is 5.29. The van der Waals surface area contributed by atoms with E-state index < -0.39 is 11.7 Å². The normalized spacial score (nSPS) is 29.2. The van der Waals surface area contributed by atoms with E-state index in [9.17, 15) is 5.11 Å². The van der Waals surface area contributed by atoms with Crippen LogP contribution in [0.2, 0.25) is 0 Å². The lowest BCUT2D eigenvalue weighted by Gasteiger charge is -2.40. The number of aromatic nitrogens is 4. The van der Waals surface area contributed by atoms with E-state index in [0.29, 0.717) is 35.4 Å². The second-order valence-corrected chi connectivity index (χ2v) is 8.89. The molecule has 2 saturated heterocycles. The molecule has 0 saturated carbocycles. The predicted octanol–water partition coefficient (Wildman–Crippen LogP) is 3.54. The van der Waals surface area contributed by atoms with Crippen molar-refractivity contribution in [3.8, 4) is 22.7 Å². The van der Waals surface area contributed by atoms with E-state index in [2.05, 4.69) is 27.1 Å². The SMILES string of the molecule is C=C(c1ccc(-c2ccc(-n3ccnc3)cc2O)nn1)[C@@H]1C[C@@H]2N[C@@](C)(C[C@H]2OC)[C@H]1F. The topological polar surface area (TPSA) is 85.1 Å². The molecule has 5 atom stereocenters. The fourth-order valence-corrected chi connectivity index (χ4v) is 5.09.